The number of carboxylic acid groups (broad SMARTS) is 1. The number of benzene rings is 1. The van der Waals surface area contributed by atoms with Gasteiger partial charge in [0.05, 0.1) is 10.7 Å². The molecule has 2 aromatic rings. The fraction of sp³-hybridized carbons (Fsp3) is 0.231. The van der Waals surface area contributed by atoms with Gasteiger partial charge in [0.25, 0.3) is 0 Å². The number of nitrogens with one attached hydrogen (secondary N) is 1. The predicted molar refractivity (Wildman–Crippen MR) is 71.3 cm³/mol. The number of rotatable bonds is 2. The summed E-state index contributed by atoms with van der Waals surface area (Å²) < 4.78 is 11.2. The molecule has 0 radical (unpaired) electrons. The minimum absolute atomic E-state index is 0.00844. The fourth-order valence-corrected chi connectivity index (χ4v) is 2.25. The first-order valence-electron chi connectivity index (χ1n) is 5.86. The normalized spacial score (nSPS) is 15.3. The molecule has 0 fully saturated rings. The van der Waals surface area contributed by atoms with E-state index in [-0.39, 0.29) is 5.69 Å². The van der Waals surface area contributed by atoms with Crippen LogP contribution in [0.5, 0.6) is 11.5 Å². The summed E-state index contributed by atoms with van der Waals surface area (Å²) >= 11 is 6.16. The quantitative estimate of drug-likeness (QED) is 0.889. The van der Waals surface area contributed by atoms with E-state index in [1.54, 1.807) is 26.0 Å². The maximum Gasteiger partial charge on any atom is 0.353 e. The number of nitrogens with zero attached hydrogens (tertiary/aromatic N) is 1. The summed E-state index contributed by atoms with van der Waals surface area (Å²) in [6.07, 6.45) is 0. The molecule has 7 heteroatoms. The van der Waals surface area contributed by atoms with Gasteiger partial charge in [-0.1, -0.05) is 11.6 Å². The number of carboxylic acids is 1. The van der Waals surface area contributed by atoms with E-state index in [0.29, 0.717) is 27.8 Å². The van der Waals surface area contributed by atoms with E-state index in [9.17, 15) is 4.79 Å². The van der Waals surface area contributed by atoms with Crippen LogP contribution in [0.2, 0.25) is 5.02 Å². The highest BCUT2D eigenvalue weighted by molar-refractivity contribution is 6.32. The lowest BCUT2D eigenvalue weighted by atomic mass is 10.1. The van der Waals surface area contributed by atoms with Gasteiger partial charge in [0.2, 0.25) is 5.79 Å². The number of fused-ring (bicyclic) bond motifs is 1. The Bertz CT molecular complexity index is 708. The Balaban J connectivity index is 2.04. The maximum absolute atomic E-state index is 10.8. The van der Waals surface area contributed by atoms with Gasteiger partial charge < -0.3 is 14.6 Å². The molecule has 0 aliphatic carbocycles. The maximum atomic E-state index is 10.8. The first kappa shape index (κ1) is 12.8. The summed E-state index contributed by atoms with van der Waals surface area (Å²) in [7, 11) is 0. The van der Waals surface area contributed by atoms with Crippen molar-refractivity contribution in [2.75, 3.05) is 0 Å². The van der Waals surface area contributed by atoms with Crippen molar-refractivity contribution >= 4 is 17.6 Å². The number of H-pyrrole nitrogens is 1. The summed E-state index contributed by atoms with van der Waals surface area (Å²) in [5.74, 6) is -0.855. The van der Waals surface area contributed by atoms with Crippen LogP contribution in [0.4, 0.5) is 0 Å². The van der Waals surface area contributed by atoms with Crippen LogP contribution in [0.25, 0.3) is 11.3 Å². The van der Waals surface area contributed by atoms with Crippen molar-refractivity contribution in [2.45, 2.75) is 19.6 Å². The van der Waals surface area contributed by atoms with Crippen molar-refractivity contribution in [2.24, 2.45) is 0 Å². The second kappa shape index (κ2) is 4.14. The monoisotopic (exact) mass is 294 g/mol. The molecule has 2 heterocycles. The Morgan fingerprint density at radius 3 is 2.75 bits per heavy atom. The number of carbonyl (C=O) groups is 1. The van der Waals surface area contributed by atoms with E-state index < -0.39 is 11.8 Å². The average molecular weight is 295 g/mol. The molecule has 1 aliphatic rings. The lowest BCUT2D eigenvalue weighted by Gasteiger charge is -2.16. The van der Waals surface area contributed by atoms with Crippen LogP contribution in [0, 0.1) is 0 Å². The van der Waals surface area contributed by atoms with E-state index in [4.69, 9.17) is 26.2 Å². The van der Waals surface area contributed by atoms with Gasteiger partial charge in [-0.25, -0.2) is 4.79 Å². The highest BCUT2D eigenvalue weighted by Gasteiger charge is 2.34. The third kappa shape index (κ3) is 2.08. The predicted octanol–water partition coefficient (Wildman–Crippen LogP) is 2.94. The minimum atomic E-state index is -1.07. The van der Waals surface area contributed by atoms with Gasteiger partial charge >= 0.3 is 5.97 Å². The zero-order valence-electron chi connectivity index (χ0n) is 10.7. The fourth-order valence-electron chi connectivity index (χ4n) is 2.00. The van der Waals surface area contributed by atoms with E-state index in [1.807, 2.05) is 0 Å². The molecule has 1 aromatic heterocycles. The van der Waals surface area contributed by atoms with Crippen molar-refractivity contribution < 1.29 is 19.4 Å². The summed E-state index contributed by atoms with van der Waals surface area (Å²) in [5, 5.41) is 15.7. The highest BCUT2D eigenvalue weighted by Crippen LogP contribution is 2.46. The van der Waals surface area contributed by atoms with Crippen LogP contribution in [0.1, 0.15) is 24.3 Å². The smallest absolute Gasteiger partial charge is 0.353 e. The van der Waals surface area contributed by atoms with Gasteiger partial charge in [-0.05, 0) is 18.2 Å². The molecular formula is C13H11ClN2O4. The summed E-state index contributed by atoms with van der Waals surface area (Å²) in [6, 6.07) is 4.81. The Kier molecular flexibility index (Phi) is 2.65. The van der Waals surface area contributed by atoms with Crippen LogP contribution < -0.4 is 9.47 Å². The lowest BCUT2D eigenvalue weighted by Crippen LogP contribution is -2.29. The van der Waals surface area contributed by atoms with Gasteiger partial charge in [0.15, 0.2) is 11.5 Å². The molecule has 6 nitrogen and oxygen atoms in total. The largest absolute Gasteiger partial charge is 0.477 e. The van der Waals surface area contributed by atoms with Crippen molar-refractivity contribution in [1.29, 1.82) is 0 Å². The number of ether oxygens (including phenoxy) is 2. The van der Waals surface area contributed by atoms with Crippen molar-refractivity contribution in [3.8, 4) is 22.8 Å². The summed E-state index contributed by atoms with van der Waals surface area (Å²) in [5.41, 5.74) is 1.13. The number of halogens is 1. The number of aromatic amines is 1. The van der Waals surface area contributed by atoms with E-state index >= 15 is 0 Å². The molecule has 1 aromatic carbocycles. The molecule has 0 amide bonds. The van der Waals surface area contributed by atoms with Crippen molar-refractivity contribution in [1.82, 2.24) is 10.2 Å². The number of aromatic nitrogens is 2. The number of hydrogen-bond acceptors (Lipinski definition) is 4. The average Bonchev–Trinajstić information content (AvgIpc) is 2.92. The molecule has 2 N–H and O–H groups in total. The molecule has 20 heavy (non-hydrogen) atoms. The first-order valence-corrected chi connectivity index (χ1v) is 6.24. The first-order chi connectivity index (χ1) is 9.35. The van der Waals surface area contributed by atoms with Gasteiger partial charge in [0, 0.05) is 19.4 Å². The Morgan fingerprint density at radius 1 is 1.35 bits per heavy atom. The Morgan fingerprint density at radius 2 is 2.10 bits per heavy atom. The second-order valence-corrected chi connectivity index (χ2v) is 5.27. The summed E-state index contributed by atoms with van der Waals surface area (Å²) in [4.78, 5) is 10.8. The molecule has 0 saturated heterocycles. The lowest BCUT2D eigenvalue weighted by molar-refractivity contribution is -0.0431. The molecule has 104 valence electrons. The van der Waals surface area contributed by atoms with Crippen LogP contribution in [0.15, 0.2) is 18.2 Å². The molecule has 3 rings (SSSR count). The third-order valence-corrected chi connectivity index (χ3v) is 3.10. The molecule has 0 bridgehead atoms. The van der Waals surface area contributed by atoms with Gasteiger partial charge in [-0.15, -0.1) is 0 Å². The number of aromatic carboxylic acids is 1. The molecule has 0 spiro atoms. The SMILES string of the molecule is CC1(C)Oc2cc(-c3cc(C(=O)O)[nH]n3)cc(Cl)c2O1. The van der Waals surface area contributed by atoms with Crippen LogP contribution in [-0.4, -0.2) is 27.1 Å². The minimum Gasteiger partial charge on any atom is -0.477 e. The molecule has 1 aliphatic heterocycles. The third-order valence-electron chi connectivity index (χ3n) is 2.82. The van der Waals surface area contributed by atoms with E-state index in [1.165, 1.54) is 6.07 Å². The zero-order valence-corrected chi connectivity index (χ0v) is 11.5. The standard InChI is InChI=1S/C13H11ClN2O4/c1-13(2)19-10-4-6(3-7(14)11(10)20-13)8-5-9(12(17)18)16-15-8/h3-5H,1-2H3,(H,15,16)(H,17,18). The zero-order chi connectivity index (χ0) is 14.5. The van der Waals surface area contributed by atoms with Gasteiger partial charge in [0.1, 0.15) is 5.69 Å². The van der Waals surface area contributed by atoms with Gasteiger partial charge in [-0.2, -0.15) is 5.10 Å². The summed E-state index contributed by atoms with van der Waals surface area (Å²) in [6.45, 7) is 3.56. The number of hydrogen-bond donors (Lipinski definition) is 2. The highest BCUT2D eigenvalue weighted by atomic mass is 35.5. The molecule has 0 unspecified atom stereocenters. The van der Waals surface area contributed by atoms with Crippen LogP contribution >= 0.6 is 11.6 Å². The molecular weight excluding hydrogens is 284 g/mol. The Labute approximate surface area is 119 Å². The molecule has 0 saturated carbocycles. The van der Waals surface area contributed by atoms with E-state index in [2.05, 4.69) is 10.2 Å². The molecule has 0 atom stereocenters. The van der Waals surface area contributed by atoms with Crippen molar-refractivity contribution in [3.05, 3.63) is 28.9 Å². The van der Waals surface area contributed by atoms with Crippen LogP contribution in [0.3, 0.4) is 0 Å². The topological polar surface area (TPSA) is 84.4 Å². The van der Waals surface area contributed by atoms with Crippen LogP contribution in [-0.2, 0) is 0 Å². The van der Waals surface area contributed by atoms with Crippen molar-refractivity contribution in [3.63, 3.8) is 0 Å². The van der Waals surface area contributed by atoms with E-state index in [0.717, 1.165) is 0 Å². The Hall–Kier alpha value is -2.21. The van der Waals surface area contributed by atoms with Gasteiger partial charge in [-0.3, -0.25) is 5.10 Å². The second-order valence-electron chi connectivity index (χ2n) is 4.86.